The van der Waals surface area contributed by atoms with Crippen LogP contribution in [0.2, 0.25) is 0 Å². The van der Waals surface area contributed by atoms with Crippen molar-refractivity contribution >= 4 is 11.6 Å². The van der Waals surface area contributed by atoms with Gasteiger partial charge in [0.1, 0.15) is 0 Å². The quantitative estimate of drug-likeness (QED) is 0.762. The molecule has 0 aromatic carbocycles. The molecule has 0 aliphatic carbocycles. The van der Waals surface area contributed by atoms with Gasteiger partial charge in [0.2, 0.25) is 0 Å². The monoisotopic (exact) mass is 278 g/mol. The standard InChI is InChI=1S/C15H26N4O/c1-5-16-14-10-12(4)18-11-13(14)15(20)17-8-9-19(6-2)7-3/h10-11H,5-9H2,1-4H3,(H,16,18)(H,17,20). The molecule has 1 aromatic heterocycles. The molecule has 1 amide bonds. The molecule has 20 heavy (non-hydrogen) atoms. The predicted octanol–water partition coefficient (Wildman–Crippen LogP) is 1.89. The molecule has 0 saturated carbocycles. The van der Waals surface area contributed by atoms with Crippen molar-refractivity contribution in [2.75, 3.05) is 38.0 Å². The zero-order valence-corrected chi connectivity index (χ0v) is 13.0. The van der Waals surface area contributed by atoms with Crippen LogP contribution in [0.15, 0.2) is 12.3 Å². The summed E-state index contributed by atoms with van der Waals surface area (Å²) in [5.74, 6) is -0.0689. The molecule has 112 valence electrons. The molecule has 0 radical (unpaired) electrons. The summed E-state index contributed by atoms with van der Waals surface area (Å²) in [6.07, 6.45) is 1.64. The van der Waals surface area contributed by atoms with Crippen LogP contribution in [0.1, 0.15) is 36.8 Å². The molecule has 1 heterocycles. The van der Waals surface area contributed by atoms with Crippen LogP contribution in [-0.4, -0.2) is 48.5 Å². The number of aryl methyl sites for hydroxylation is 1. The van der Waals surface area contributed by atoms with E-state index in [0.717, 1.165) is 37.6 Å². The molecule has 5 nitrogen and oxygen atoms in total. The van der Waals surface area contributed by atoms with Gasteiger partial charge in [-0.25, -0.2) is 0 Å². The molecule has 1 rings (SSSR count). The molecule has 0 bridgehead atoms. The summed E-state index contributed by atoms with van der Waals surface area (Å²) in [7, 11) is 0. The van der Waals surface area contributed by atoms with Gasteiger partial charge in [-0.1, -0.05) is 13.8 Å². The fourth-order valence-electron chi connectivity index (χ4n) is 2.04. The second-order valence-corrected chi connectivity index (χ2v) is 4.68. The van der Waals surface area contributed by atoms with E-state index in [1.165, 1.54) is 0 Å². The number of nitrogens with one attached hydrogen (secondary N) is 2. The summed E-state index contributed by atoms with van der Waals surface area (Å²) < 4.78 is 0. The van der Waals surface area contributed by atoms with Gasteiger partial charge >= 0.3 is 0 Å². The average molecular weight is 278 g/mol. The number of anilines is 1. The van der Waals surface area contributed by atoms with E-state index in [9.17, 15) is 4.79 Å². The van der Waals surface area contributed by atoms with Gasteiger partial charge in [-0.05, 0) is 33.0 Å². The minimum atomic E-state index is -0.0689. The Bertz CT molecular complexity index is 430. The van der Waals surface area contributed by atoms with Crippen LogP contribution >= 0.6 is 0 Å². The minimum Gasteiger partial charge on any atom is -0.385 e. The third-order valence-corrected chi connectivity index (χ3v) is 3.26. The molecule has 0 unspecified atom stereocenters. The Morgan fingerprint density at radius 3 is 2.60 bits per heavy atom. The normalized spacial score (nSPS) is 10.7. The maximum Gasteiger partial charge on any atom is 0.254 e. The smallest absolute Gasteiger partial charge is 0.254 e. The van der Waals surface area contributed by atoms with Crippen LogP contribution in [0.25, 0.3) is 0 Å². The fourth-order valence-corrected chi connectivity index (χ4v) is 2.04. The van der Waals surface area contributed by atoms with Gasteiger partial charge in [0.15, 0.2) is 0 Å². The Hall–Kier alpha value is -1.62. The first kappa shape index (κ1) is 16.4. The highest BCUT2D eigenvalue weighted by molar-refractivity contribution is 5.99. The maximum absolute atomic E-state index is 12.2. The second kappa shape index (κ2) is 8.53. The second-order valence-electron chi connectivity index (χ2n) is 4.68. The fraction of sp³-hybridized carbons (Fsp3) is 0.600. The number of amides is 1. The summed E-state index contributed by atoms with van der Waals surface area (Å²) >= 11 is 0. The molecule has 0 aliphatic heterocycles. The first-order chi connectivity index (χ1) is 9.62. The molecule has 0 spiro atoms. The Balaban J connectivity index is 2.63. The highest BCUT2D eigenvalue weighted by atomic mass is 16.1. The lowest BCUT2D eigenvalue weighted by atomic mass is 10.2. The lowest BCUT2D eigenvalue weighted by Crippen LogP contribution is -2.35. The number of pyridine rings is 1. The SMILES string of the molecule is CCNc1cc(C)ncc1C(=O)NCCN(CC)CC. The van der Waals surface area contributed by atoms with E-state index in [2.05, 4.69) is 34.4 Å². The summed E-state index contributed by atoms with van der Waals surface area (Å²) in [6.45, 7) is 12.5. The third-order valence-electron chi connectivity index (χ3n) is 3.26. The molecule has 0 fully saturated rings. The van der Waals surface area contributed by atoms with Crippen molar-refractivity contribution in [1.82, 2.24) is 15.2 Å². The molecule has 1 aromatic rings. The number of hydrogen-bond acceptors (Lipinski definition) is 4. The maximum atomic E-state index is 12.2. The van der Waals surface area contributed by atoms with E-state index in [-0.39, 0.29) is 5.91 Å². The van der Waals surface area contributed by atoms with Crippen LogP contribution in [0, 0.1) is 6.92 Å². The van der Waals surface area contributed by atoms with Crippen LogP contribution in [-0.2, 0) is 0 Å². The summed E-state index contributed by atoms with van der Waals surface area (Å²) in [5, 5.41) is 6.16. The molecule has 0 atom stereocenters. The molecule has 0 saturated heterocycles. The Morgan fingerprint density at radius 2 is 2.00 bits per heavy atom. The average Bonchev–Trinajstić information content (AvgIpc) is 2.44. The molecular formula is C15H26N4O. The van der Waals surface area contributed by atoms with Gasteiger partial charge in [-0.3, -0.25) is 9.78 Å². The van der Waals surface area contributed by atoms with E-state index in [0.29, 0.717) is 12.1 Å². The van der Waals surface area contributed by atoms with E-state index in [1.807, 2.05) is 19.9 Å². The van der Waals surface area contributed by atoms with Gasteiger partial charge in [0.25, 0.3) is 5.91 Å². The first-order valence-electron chi connectivity index (χ1n) is 7.33. The summed E-state index contributed by atoms with van der Waals surface area (Å²) in [6, 6.07) is 1.91. The van der Waals surface area contributed by atoms with Crippen molar-refractivity contribution in [3.05, 3.63) is 23.5 Å². The zero-order valence-electron chi connectivity index (χ0n) is 13.0. The highest BCUT2D eigenvalue weighted by Gasteiger charge is 2.12. The van der Waals surface area contributed by atoms with Crippen LogP contribution < -0.4 is 10.6 Å². The first-order valence-corrected chi connectivity index (χ1v) is 7.33. The van der Waals surface area contributed by atoms with Crippen LogP contribution in [0.4, 0.5) is 5.69 Å². The topological polar surface area (TPSA) is 57.3 Å². The van der Waals surface area contributed by atoms with Gasteiger partial charge < -0.3 is 15.5 Å². The minimum absolute atomic E-state index is 0.0689. The summed E-state index contributed by atoms with van der Waals surface area (Å²) in [5.41, 5.74) is 2.36. The van der Waals surface area contributed by atoms with Gasteiger partial charge in [0.05, 0.1) is 11.3 Å². The third kappa shape index (κ3) is 4.81. The number of likely N-dealkylation sites (N-methyl/N-ethyl adjacent to an activating group) is 1. The molecule has 2 N–H and O–H groups in total. The van der Waals surface area contributed by atoms with Crippen molar-refractivity contribution in [2.24, 2.45) is 0 Å². The number of carbonyl (C=O) groups excluding carboxylic acids is 1. The van der Waals surface area contributed by atoms with Crippen molar-refractivity contribution in [3.8, 4) is 0 Å². The van der Waals surface area contributed by atoms with E-state index in [4.69, 9.17) is 0 Å². The van der Waals surface area contributed by atoms with Crippen molar-refractivity contribution < 1.29 is 4.79 Å². The van der Waals surface area contributed by atoms with E-state index >= 15 is 0 Å². The Morgan fingerprint density at radius 1 is 1.30 bits per heavy atom. The lowest BCUT2D eigenvalue weighted by molar-refractivity contribution is 0.0949. The highest BCUT2D eigenvalue weighted by Crippen LogP contribution is 2.15. The van der Waals surface area contributed by atoms with E-state index in [1.54, 1.807) is 6.20 Å². The Labute approximate surface area is 121 Å². The largest absolute Gasteiger partial charge is 0.385 e. The Kier molecular flexibility index (Phi) is 7.01. The van der Waals surface area contributed by atoms with Gasteiger partial charge in [-0.2, -0.15) is 0 Å². The molecular weight excluding hydrogens is 252 g/mol. The number of aromatic nitrogens is 1. The number of carbonyl (C=O) groups is 1. The van der Waals surface area contributed by atoms with Gasteiger partial charge in [0, 0.05) is 31.5 Å². The van der Waals surface area contributed by atoms with Crippen molar-refractivity contribution in [1.29, 1.82) is 0 Å². The summed E-state index contributed by atoms with van der Waals surface area (Å²) in [4.78, 5) is 18.7. The number of hydrogen-bond donors (Lipinski definition) is 2. The van der Waals surface area contributed by atoms with E-state index < -0.39 is 0 Å². The number of nitrogens with zero attached hydrogens (tertiary/aromatic N) is 2. The van der Waals surface area contributed by atoms with Gasteiger partial charge in [-0.15, -0.1) is 0 Å². The number of rotatable bonds is 8. The lowest BCUT2D eigenvalue weighted by Gasteiger charge is -2.18. The molecule has 0 aliphatic rings. The van der Waals surface area contributed by atoms with Crippen LogP contribution in [0.5, 0.6) is 0 Å². The van der Waals surface area contributed by atoms with Crippen molar-refractivity contribution in [2.45, 2.75) is 27.7 Å². The predicted molar refractivity (Wildman–Crippen MR) is 83.3 cm³/mol. The zero-order chi connectivity index (χ0) is 15.0. The van der Waals surface area contributed by atoms with Crippen LogP contribution in [0.3, 0.4) is 0 Å². The molecule has 5 heteroatoms. The van der Waals surface area contributed by atoms with Crippen molar-refractivity contribution in [3.63, 3.8) is 0 Å².